The Hall–Kier alpha value is -1.09. The van der Waals surface area contributed by atoms with E-state index in [1.807, 2.05) is 6.20 Å². The first-order valence-electron chi connectivity index (χ1n) is 7.20. The fraction of sp³-hybridized carbons (Fsp3) is 0.667. The van der Waals surface area contributed by atoms with Crippen LogP contribution in [0.15, 0.2) is 24.0 Å². The lowest BCUT2D eigenvalue weighted by molar-refractivity contribution is 0.192. The van der Waals surface area contributed by atoms with Gasteiger partial charge < -0.3 is 9.30 Å². The number of hydrogen-bond acceptors (Lipinski definition) is 2. The van der Waals surface area contributed by atoms with Crippen molar-refractivity contribution in [3.05, 3.63) is 29.9 Å². The summed E-state index contributed by atoms with van der Waals surface area (Å²) >= 11 is 0. The average molecular weight is 246 g/mol. The number of hydrogen-bond donors (Lipinski definition) is 0. The van der Waals surface area contributed by atoms with Crippen molar-refractivity contribution in [1.82, 2.24) is 9.55 Å². The van der Waals surface area contributed by atoms with Crippen LogP contribution < -0.4 is 0 Å². The summed E-state index contributed by atoms with van der Waals surface area (Å²) in [6, 6.07) is 0. The maximum absolute atomic E-state index is 5.47. The molecule has 1 aliphatic heterocycles. The van der Waals surface area contributed by atoms with E-state index in [4.69, 9.17) is 4.74 Å². The minimum atomic E-state index is 0.514. The van der Waals surface area contributed by atoms with Gasteiger partial charge in [-0.3, -0.25) is 0 Å². The maximum Gasteiger partial charge on any atom is 0.114 e. The van der Waals surface area contributed by atoms with E-state index in [-0.39, 0.29) is 0 Å². The Bertz CT molecular complexity index is 416. The van der Waals surface area contributed by atoms with Gasteiger partial charge in [0.2, 0.25) is 0 Å². The summed E-state index contributed by atoms with van der Waals surface area (Å²) in [5.41, 5.74) is 1.64. The van der Waals surface area contributed by atoms with Gasteiger partial charge in [-0.1, -0.05) is 11.6 Å². The average Bonchev–Trinajstić information content (AvgIpc) is 3.08. The molecule has 2 heterocycles. The highest BCUT2D eigenvalue weighted by atomic mass is 16.5. The lowest BCUT2D eigenvalue weighted by Crippen LogP contribution is -2.10. The van der Waals surface area contributed by atoms with E-state index in [0.717, 1.165) is 26.2 Å². The monoisotopic (exact) mass is 246 g/mol. The molecule has 0 radical (unpaired) electrons. The molecule has 0 unspecified atom stereocenters. The van der Waals surface area contributed by atoms with Crippen molar-refractivity contribution in [2.24, 2.45) is 0 Å². The van der Waals surface area contributed by atoms with Gasteiger partial charge in [-0.25, -0.2) is 4.98 Å². The van der Waals surface area contributed by atoms with Gasteiger partial charge in [0, 0.05) is 31.5 Å². The van der Waals surface area contributed by atoms with E-state index in [1.165, 1.54) is 37.9 Å². The largest absolute Gasteiger partial charge is 0.381 e. The first-order valence-corrected chi connectivity index (χ1v) is 7.20. The Morgan fingerprint density at radius 2 is 2.39 bits per heavy atom. The summed E-state index contributed by atoms with van der Waals surface area (Å²) in [7, 11) is 0. The van der Waals surface area contributed by atoms with Crippen molar-refractivity contribution >= 4 is 0 Å². The van der Waals surface area contributed by atoms with Crippen molar-refractivity contribution in [3.63, 3.8) is 0 Å². The summed E-state index contributed by atoms with van der Waals surface area (Å²) in [5.74, 6) is 1.74. The molecule has 0 N–H and O–H groups in total. The van der Waals surface area contributed by atoms with Gasteiger partial charge in [-0.15, -0.1) is 0 Å². The van der Waals surface area contributed by atoms with Gasteiger partial charge >= 0.3 is 0 Å². The predicted molar refractivity (Wildman–Crippen MR) is 71.6 cm³/mol. The van der Waals surface area contributed by atoms with Crippen LogP contribution in [0.1, 0.15) is 50.3 Å². The fourth-order valence-corrected chi connectivity index (χ4v) is 3.00. The molecule has 0 aromatic carbocycles. The zero-order valence-electron chi connectivity index (χ0n) is 11.0. The van der Waals surface area contributed by atoms with Crippen LogP contribution in [0, 0.1) is 0 Å². The molecule has 1 saturated heterocycles. The Morgan fingerprint density at radius 1 is 1.39 bits per heavy atom. The molecule has 0 amide bonds. The Labute approximate surface area is 109 Å². The summed E-state index contributed by atoms with van der Waals surface area (Å²) in [6.45, 7) is 2.82. The standard InChI is InChI=1S/C15H22N2O/c1-2-4-13(5-3-1)6-9-17-10-8-16-15(17)14-7-11-18-12-14/h4,8,10,14H,1-3,5-7,9,11-12H2/t14-/m1/s1. The van der Waals surface area contributed by atoms with Gasteiger partial charge in [0.15, 0.2) is 0 Å². The second-order valence-electron chi connectivity index (χ2n) is 5.40. The Balaban J connectivity index is 1.62. The quantitative estimate of drug-likeness (QED) is 0.762. The van der Waals surface area contributed by atoms with Crippen LogP contribution in [0.4, 0.5) is 0 Å². The molecule has 3 nitrogen and oxygen atoms in total. The van der Waals surface area contributed by atoms with E-state index < -0.39 is 0 Å². The van der Waals surface area contributed by atoms with Crippen molar-refractivity contribution in [2.45, 2.75) is 51.0 Å². The number of allylic oxidation sites excluding steroid dienone is 2. The number of nitrogens with zero attached hydrogens (tertiary/aromatic N) is 2. The van der Waals surface area contributed by atoms with Crippen LogP contribution in [0.2, 0.25) is 0 Å². The molecular weight excluding hydrogens is 224 g/mol. The SMILES string of the molecule is C1=C(CCn2ccnc2[C@@H]2CCOC2)CCCC1. The number of imidazole rings is 1. The molecule has 1 aromatic heterocycles. The number of ether oxygens (including phenoxy) is 1. The van der Waals surface area contributed by atoms with Crippen molar-refractivity contribution in [3.8, 4) is 0 Å². The van der Waals surface area contributed by atoms with Crippen LogP contribution in [-0.2, 0) is 11.3 Å². The number of aryl methyl sites for hydroxylation is 1. The lowest BCUT2D eigenvalue weighted by Gasteiger charge is -2.15. The van der Waals surface area contributed by atoms with Gasteiger partial charge in [-0.05, 0) is 38.5 Å². The third-order valence-corrected chi connectivity index (χ3v) is 4.10. The lowest BCUT2D eigenvalue weighted by atomic mass is 9.97. The van der Waals surface area contributed by atoms with E-state index >= 15 is 0 Å². The number of rotatable bonds is 4. The second-order valence-corrected chi connectivity index (χ2v) is 5.40. The first kappa shape index (κ1) is 12.0. The van der Waals surface area contributed by atoms with Crippen LogP contribution in [0.3, 0.4) is 0 Å². The van der Waals surface area contributed by atoms with Gasteiger partial charge in [0.25, 0.3) is 0 Å². The van der Waals surface area contributed by atoms with E-state index in [0.29, 0.717) is 5.92 Å². The zero-order chi connectivity index (χ0) is 12.2. The summed E-state index contributed by atoms with van der Waals surface area (Å²) in [6.07, 6.45) is 14.1. The Morgan fingerprint density at radius 3 is 3.17 bits per heavy atom. The highest BCUT2D eigenvalue weighted by Crippen LogP contribution is 2.25. The normalized spacial score (nSPS) is 24.2. The molecule has 2 aliphatic rings. The molecule has 0 saturated carbocycles. The summed E-state index contributed by atoms with van der Waals surface area (Å²) < 4.78 is 7.79. The van der Waals surface area contributed by atoms with E-state index in [9.17, 15) is 0 Å². The minimum Gasteiger partial charge on any atom is -0.381 e. The maximum atomic E-state index is 5.47. The van der Waals surface area contributed by atoms with Crippen molar-refractivity contribution in [1.29, 1.82) is 0 Å². The van der Waals surface area contributed by atoms with Crippen LogP contribution >= 0.6 is 0 Å². The van der Waals surface area contributed by atoms with E-state index in [2.05, 4.69) is 21.8 Å². The highest BCUT2D eigenvalue weighted by Gasteiger charge is 2.21. The Kier molecular flexibility index (Phi) is 3.79. The zero-order valence-corrected chi connectivity index (χ0v) is 11.0. The fourth-order valence-electron chi connectivity index (χ4n) is 3.00. The molecule has 98 valence electrons. The molecule has 0 bridgehead atoms. The molecular formula is C15H22N2O. The predicted octanol–water partition coefficient (Wildman–Crippen LogP) is 3.28. The van der Waals surface area contributed by atoms with Crippen LogP contribution in [0.25, 0.3) is 0 Å². The van der Waals surface area contributed by atoms with Gasteiger partial charge in [0.1, 0.15) is 5.82 Å². The molecule has 1 aliphatic carbocycles. The minimum absolute atomic E-state index is 0.514. The topological polar surface area (TPSA) is 27.1 Å². The first-order chi connectivity index (χ1) is 8.93. The third-order valence-electron chi connectivity index (χ3n) is 4.10. The van der Waals surface area contributed by atoms with Crippen molar-refractivity contribution in [2.75, 3.05) is 13.2 Å². The van der Waals surface area contributed by atoms with Gasteiger partial charge in [0.05, 0.1) is 6.61 Å². The summed E-state index contributed by atoms with van der Waals surface area (Å²) in [4.78, 5) is 4.53. The molecule has 18 heavy (non-hydrogen) atoms. The highest BCUT2D eigenvalue weighted by molar-refractivity contribution is 5.07. The molecule has 3 heteroatoms. The van der Waals surface area contributed by atoms with Crippen LogP contribution in [-0.4, -0.2) is 22.8 Å². The molecule has 1 fully saturated rings. The number of aromatic nitrogens is 2. The third kappa shape index (κ3) is 2.66. The molecule has 0 spiro atoms. The van der Waals surface area contributed by atoms with Crippen LogP contribution in [0.5, 0.6) is 0 Å². The molecule has 3 rings (SSSR count). The smallest absolute Gasteiger partial charge is 0.114 e. The van der Waals surface area contributed by atoms with E-state index in [1.54, 1.807) is 5.57 Å². The van der Waals surface area contributed by atoms with Gasteiger partial charge in [-0.2, -0.15) is 0 Å². The van der Waals surface area contributed by atoms with Crippen molar-refractivity contribution < 1.29 is 4.74 Å². The molecule has 1 atom stereocenters. The molecule has 1 aromatic rings. The second kappa shape index (κ2) is 5.70. The summed E-state index contributed by atoms with van der Waals surface area (Å²) in [5, 5.41) is 0.